The zero-order valence-corrected chi connectivity index (χ0v) is 14.3. The van der Waals surface area contributed by atoms with Crippen molar-refractivity contribution in [2.24, 2.45) is 11.8 Å². The predicted octanol–water partition coefficient (Wildman–Crippen LogP) is -0.0756. The molecule has 4 heterocycles. The molecule has 23 heavy (non-hydrogen) atoms. The van der Waals surface area contributed by atoms with E-state index in [-0.39, 0.29) is 48.5 Å². The number of aromatic nitrogens is 2. The van der Waals surface area contributed by atoms with E-state index in [2.05, 4.69) is 31.4 Å². The van der Waals surface area contributed by atoms with Gasteiger partial charge < -0.3 is 5.32 Å². The Kier molecular flexibility index (Phi) is 5.67. The molecule has 2 N–H and O–H groups in total. The van der Waals surface area contributed by atoms with Gasteiger partial charge >= 0.3 is 0 Å². The van der Waals surface area contributed by atoms with Crippen LogP contribution in [0.15, 0.2) is 6.07 Å². The number of fused-ring (bicyclic) bond motifs is 2. The molecule has 0 saturated carbocycles. The number of carbonyl (C=O) groups excluding carboxylic acids is 2. The minimum absolute atomic E-state index is 0. The number of hydrogen-bond acceptors (Lipinski definition) is 5. The average Bonchev–Trinajstić information content (AvgIpc) is 3.05. The maximum atomic E-state index is 11.7. The number of nitrogens with zero attached hydrogens (tertiary/aromatic N) is 3. The lowest BCUT2D eigenvalue weighted by atomic mass is 10.00. The second-order valence-corrected chi connectivity index (χ2v) is 6.14. The summed E-state index contributed by atoms with van der Waals surface area (Å²) in [7, 11) is 0. The van der Waals surface area contributed by atoms with Gasteiger partial charge in [-0.05, 0) is 19.0 Å². The third-order valence-corrected chi connectivity index (χ3v) is 4.64. The Morgan fingerprint density at radius 2 is 1.87 bits per heavy atom. The Labute approximate surface area is 147 Å². The highest BCUT2D eigenvalue weighted by Crippen LogP contribution is 2.29. The third kappa shape index (κ3) is 3.38. The van der Waals surface area contributed by atoms with Crippen molar-refractivity contribution in [3.63, 3.8) is 0 Å². The number of rotatable bonds is 2. The van der Waals surface area contributed by atoms with Gasteiger partial charge in [-0.15, -0.1) is 24.8 Å². The molecule has 4 rings (SSSR count). The summed E-state index contributed by atoms with van der Waals surface area (Å²) in [4.78, 5) is 25.5. The van der Waals surface area contributed by atoms with Crippen LogP contribution in [0.2, 0.25) is 0 Å². The molecule has 128 valence electrons. The van der Waals surface area contributed by atoms with Crippen molar-refractivity contribution in [2.75, 3.05) is 19.6 Å². The van der Waals surface area contributed by atoms with Crippen LogP contribution in [0.25, 0.3) is 0 Å². The Morgan fingerprint density at radius 3 is 2.57 bits per heavy atom. The summed E-state index contributed by atoms with van der Waals surface area (Å²) in [5.41, 5.74) is 2.25. The van der Waals surface area contributed by atoms with Gasteiger partial charge in [0.25, 0.3) is 0 Å². The molecule has 2 amide bonds. The van der Waals surface area contributed by atoms with Crippen LogP contribution in [0.5, 0.6) is 0 Å². The van der Waals surface area contributed by atoms with Gasteiger partial charge in [0.05, 0.1) is 23.2 Å². The van der Waals surface area contributed by atoms with E-state index in [9.17, 15) is 9.59 Å². The van der Waals surface area contributed by atoms with E-state index in [4.69, 9.17) is 0 Å². The molecule has 3 aliphatic heterocycles. The monoisotopic (exact) mass is 361 g/mol. The molecule has 9 heteroatoms. The van der Waals surface area contributed by atoms with Crippen LogP contribution >= 0.6 is 24.8 Å². The first-order valence-electron chi connectivity index (χ1n) is 7.54. The van der Waals surface area contributed by atoms with Gasteiger partial charge in [-0.25, -0.2) is 0 Å². The van der Waals surface area contributed by atoms with Crippen molar-refractivity contribution >= 4 is 36.6 Å². The first kappa shape index (κ1) is 18.2. The summed E-state index contributed by atoms with van der Waals surface area (Å²) < 4.78 is 2.07. The minimum Gasteiger partial charge on any atom is -0.311 e. The average molecular weight is 362 g/mol. The van der Waals surface area contributed by atoms with Crippen molar-refractivity contribution in [3.8, 4) is 0 Å². The molecule has 2 fully saturated rings. The molecule has 1 aromatic heterocycles. The van der Waals surface area contributed by atoms with E-state index < -0.39 is 0 Å². The van der Waals surface area contributed by atoms with Gasteiger partial charge in [0, 0.05) is 32.7 Å². The highest BCUT2D eigenvalue weighted by molar-refractivity contribution is 6.05. The zero-order valence-electron chi connectivity index (χ0n) is 12.7. The van der Waals surface area contributed by atoms with E-state index in [0.29, 0.717) is 19.6 Å². The molecule has 2 atom stereocenters. The van der Waals surface area contributed by atoms with Crippen LogP contribution < -0.4 is 10.6 Å². The molecule has 0 aliphatic carbocycles. The van der Waals surface area contributed by atoms with E-state index >= 15 is 0 Å². The van der Waals surface area contributed by atoms with E-state index in [0.717, 1.165) is 31.7 Å². The first-order valence-corrected chi connectivity index (χ1v) is 7.54. The van der Waals surface area contributed by atoms with Crippen LogP contribution in [0.1, 0.15) is 17.8 Å². The maximum Gasteiger partial charge on any atom is 0.231 e. The maximum absolute atomic E-state index is 11.7. The fourth-order valence-corrected chi connectivity index (χ4v) is 3.58. The summed E-state index contributed by atoms with van der Waals surface area (Å²) in [6.45, 7) is 4.87. The number of amides is 2. The fraction of sp³-hybridized carbons (Fsp3) is 0.643. The lowest BCUT2D eigenvalue weighted by Gasteiger charge is -2.14. The summed E-state index contributed by atoms with van der Waals surface area (Å²) in [5.74, 6) is -0.561. The van der Waals surface area contributed by atoms with Crippen molar-refractivity contribution in [2.45, 2.75) is 26.1 Å². The largest absolute Gasteiger partial charge is 0.311 e. The van der Waals surface area contributed by atoms with Crippen LogP contribution in [-0.2, 0) is 29.2 Å². The smallest absolute Gasteiger partial charge is 0.231 e. The number of aryl methyl sites for hydroxylation is 1. The highest BCUT2D eigenvalue weighted by atomic mass is 35.5. The standard InChI is InChI=1S/C14H19N5O2.2ClH/c20-13-11-7-18(8-12(11)14(21)16-13)6-9-4-10-5-15-2-1-3-19(10)17-9;;/h4,11-12,15H,1-3,5-8H2,(H,16,20,21);2*1H/t11-,12+;;. The molecular formula is C14H21Cl2N5O2. The van der Waals surface area contributed by atoms with Crippen molar-refractivity contribution in [1.29, 1.82) is 0 Å². The number of carbonyl (C=O) groups is 2. The lowest BCUT2D eigenvalue weighted by molar-refractivity contribution is -0.126. The molecule has 0 bridgehead atoms. The Morgan fingerprint density at radius 1 is 1.17 bits per heavy atom. The minimum atomic E-state index is -0.167. The summed E-state index contributed by atoms with van der Waals surface area (Å²) in [6.07, 6.45) is 1.09. The topological polar surface area (TPSA) is 79.3 Å². The number of imide groups is 1. The summed E-state index contributed by atoms with van der Waals surface area (Å²) in [5, 5.41) is 10.5. The number of likely N-dealkylation sites (tertiary alicyclic amines) is 1. The van der Waals surface area contributed by atoms with Crippen LogP contribution in [0.4, 0.5) is 0 Å². The molecule has 0 radical (unpaired) electrons. The lowest BCUT2D eigenvalue weighted by Crippen LogP contribution is -2.31. The van der Waals surface area contributed by atoms with Gasteiger partial charge in [-0.2, -0.15) is 5.10 Å². The highest BCUT2D eigenvalue weighted by Gasteiger charge is 2.47. The van der Waals surface area contributed by atoms with E-state index in [1.807, 2.05) is 0 Å². The molecule has 0 spiro atoms. The third-order valence-electron chi connectivity index (χ3n) is 4.64. The second-order valence-electron chi connectivity index (χ2n) is 6.14. The molecular weight excluding hydrogens is 341 g/mol. The molecule has 7 nitrogen and oxygen atoms in total. The fourth-order valence-electron chi connectivity index (χ4n) is 3.58. The Bertz CT molecular complexity index is 560. The number of hydrogen-bond donors (Lipinski definition) is 2. The number of halogens is 2. The zero-order chi connectivity index (χ0) is 14.4. The summed E-state index contributed by atoms with van der Waals surface area (Å²) >= 11 is 0. The van der Waals surface area contributed by atoms with Gasteiger partial charge in [0.15, 0.2) is 0 Å². The SMILES string of the molecule is Cl.Cl.O=C1NC(=O)[C@@H]2CN(Cc3cc4n(n3)CCCNC4)C[C@H]12. The van der Waals surface area contributed by atoms with Gasteiger partial charge in [0.2, 0.25) is 11.8 Å². The van der Waals surface area contributed by atoms with E-state index in [1.54, 1.807) is 0 Å². The predicted molar refractivity (Wildman–Crippen MR) is 88.5 cm³/mol. The second kappa shape index (κ2) is 7.17. The van der Waals surface area contributed by atoms with Crippen LogP contribution in [0, 0.1) is 11.8 Å². The molecule has 2 saturated heterocycles. The van der Waals surface area contributed by atoms with Gasteiger partial charge in [-0.3, -0.25) is 24.5 Å². The quantitative estimate of drug-likeness (QED) is 0.720. The Hall–Kier alpha value is -1.15. The normalized spacial score (nSPS) is 26.6. The van der Waals surface area contributed by atoms with Gasteiger partial charge in [-0.1, -0.05) is 0 Å². The Balaban J connectivity index is 0.000000960. The van der Waals surface area contributed by atoms with Crippen LogP contribution in [0.3, 0.4) is 0 Å². The molecule has 0 aromatic carbocycles. The molecule has 0 unspecified atom stereocenters. The van der Waals surface area contributed by atoms with Crippen molar-refractivity contribution in [3.05, 3.63) is 17.5 Å². The number of nitrogens with one attached hydrogen (secondary N) is 2. The molecule has 3 aliphatic rings. The van der Waals surface area contributed by atoms with Crippen molar-refractivity contribution in [1.82, 2.24) is 25.3 Å². The van der Waals surface area contributed by atoms with Crippen LogP contribution in [-0.4, -0.2) is 46.1 Å². The van der Waals surface area contributed by atoms with Crippen molar-refractivity contribution < 1.29 is 9.59 Å². The van der Waals surface area contributed by atoms with Gasteiger partial charge in [0.1, 0.15) is 0 Å². The molecule has 1 aromatic rings. The summed E-state index contributed by atoms with van der Waals surface area (Å²) in [6, 6.07) is 2.13. The van der Waals surface area contributed by atoms with E-state index in [1.165, 1.54) is 5.69 Å². The first-order chi connectivity index (χ1) is 10.2.